The Kier molecular flexibility index (Phi) is 9.77. The van der Waals surface area contributed by atoms with E-state index in [9.17, 15) is 9.18 Å². The standard InChI is InChI=1S/C19H30FN3O2/c1-5-23(6-2)14-10-11-15(4)21-19(25-7-3)22-18(24)16-12-8-9-13-17(16)20/h8-9,12-13,15H,5-7,10-11,14H2,1-4H3,(H,21,22,24)/p+1/t15-/m1/s1. The van der Waals surface area contributed by atoms with Gasteiger partial charge in [0.2, 0.25) is 0 Å². The van der Waals surface area contributed by atoms with Gasteiger partial charge >= 0.3 is 0 Å². The highest BCUT2D eigenvalue weighted by Gasteiger charge is 2.15. The Bertz CT molecular complexity index is 559. The lowest BCUT2D eigenvalue weighted by Crippen LogP contribution is -3.11. The first-order chi connectivity index (χ1) is 12.0. The van der Waals surface area contributed by atoms with Crippen LogP contribution >= 0.6 is 0 Å². The number of amides is 1. The van der Waals surface area contributed by atoms with Gasteiger partial charge in [0.15, 0.2) is 0 Å². The number of aliphatic imine (C=N–C) groups is 1. The first-order valence-corrected chi connectivity index (χ1v) is 9.11. The van der Waals surface area contributed by atoms with E-state index in [1.807, 2.05) is 13.8 Å². The van der Waals surface area contributed by atoms with Gasteiger partial charge in [-0.1, -0.05) is 12.1 Å². The van der Waals surface area contributed by atoms with E-state index in [0.29, 0.717) is 6.61 Å². The van der Waals surface area contributed by atoms with Crippen LogP contribution in [0.1, 0.15) is 50.9 Å². The Morgan fingerprint density at radius 3 is 2.56 bits per heavy atom. The summed E-state index contributed by atoms with van der Waals surface area (Å²) >= 11 is 0. The van der Waals surface area contributed by atoms with Crippen LogP contribution in [0.25, 0.3) is 0 Å². The van der Waals surface area contributed by atoms with E-state index in [2.05, 4.69) is 24.2 Å². The van der Waals surface area contributed by atoms with Crippen LogP contribution in [0.3, 0.4) is 0 Å². The molecule has 1 amide bonds. The molecule has 0 fully saturated rings. The van der Waals surface area contributed by atoms with E-state index in [1.165, 1.54) is 12.1 Å². The minimum absolute atomic E-state index is 0.0207. The zero-order valence-corrected chi connectivity index (χ0v) is 15.8. The zero-order chi connectivity index (χ0) is 18.7. The molecule has 0 aliphatic rings. The molecule has 140 valence electrons. The number of rotatable bonds is 9. The first-order valence-electron chi connectivity index (χ1n) is 9.11. The van der Waals surface area contributed by atoms with E-state index >= 15 is 0 Å². The molecule has 0 aromatic heterocycles. The summed E-state index contributed by atoms with van der Waals surface area (Å²) in [5, 5.41) is 2.57. The number of hydrogen-bond donors (Lipinski definition) is 2. The van der Waals surface area contributed by atoms with E-state index in [-0.39, 0.29) is 17.6 Å². The third kappa shape index (κ3) is 7.65. The molecule has 6 heteroatoms. The Labute approximate surface area is 150 Å². The normalized spacial score (nSPS) is 13.0. The van der Waals surface area contributed by atoms with Crippen LogP contribution in [0.5, 0.6) is 0 Å². The molecule has 0 unspecified atom stereocenters. The molecule has 25 heavy (non-hydrogen) atoms. The summed E-state index contributed by atoms with van der Waals surface area (Å²) in [4.78, 5) is 18.2. The van der Waals surface area contributed by atoms with Gasteiger partial charge in [0.05, 0.1) is 37.8 Å². The molecule has 1 atom stereocenters. The predicted molar refractivity (Wildman–Crippen MR) is 98.5 cm³/mol. The summed E-state index contributed by atoms with van der Waals surface area (Å²) in [6.07, 6.45) is 1.97. The predicted octanol–water partition coefficient (Wildman–Crippen LogP) is 2.04. The molecule has 0 saturated heterocycles. The summed E-state index contributed by atoms with van der Waals surface area (Å²) < 4.78 is 19.1. The molecule has 0 aliphatic heterocycles. The maximum atomic E-state index is 13.7. The molecular weight excluding hydrogens is 321 g/mol. The lowest BCUT2D eigenvalue weighted by Gasteiger charge is -2.16. The van der Waals surface area contributed by atoms with E-state index < -0.39 is 11.7 Å². The number of halogens is 1. The van der Waals surface area contributed by atoms with Crippen molar-refractivity contribution in [2.75, 3.05) is 26.2 Å². The fraction of sp³-hybridized carbons (Fsp3) is 0.579. The second-order valence-electron chi connectivity index (χ2n) is 6.00. The molecule has 1 rings (SSSR count). The van der Waals surface area contributed by atoms with Crippen LogP contribution in [0.4, 0.5) is 4.39 Å². The summed E-state index contributed by atoms with van der Waals surface area (Å²) in [5.74, 6) is -1.11. The van der Waals surface area contributed by atoms with Crippen LogP contribution < -0.4 is 10.2 Å². The lowest BCUT2D eigenvalue weighted by atomic mass is 10.2. The zero-order valence-electron chi connectivity index (χ0n) is 15.8. The number of hydrogen-bond acceptors (Lipinski definition) is 3. The van der Waals surface area contributed by atoms with Gasteiger partial charge in [-0.2, -0.15) is 0 Å². The Morgan fingerprint density at radius 1 is 1.28 bits per heavy atom. The fourth-order valence-electron chi connectivity index (χ4n) is 2.57. The van der Waals surface area contributed by atoms with Crippen LogP contribution in [0, 0.1) is 5.82 Å². The summed E-state index contributed by atoms with van der Waals surface area (Å²) in [7, 11) is 0. The molecule has 0 aliphatic carbocycles. The number of carbonyl (C=O) groups excluding carboxylic acids is 1. The van der Waals surface area contributed by atoms with Gasteiger partial charge in [-0.25, -0.2) is 9.38 Å². The van der Waals surface area contributed by atoms with Gasteiger partial charge in [-0.05, 0) is 52.7 Å². The third-order valence-electron chi connectivity index (χ3n) is 4.11. The van der Waals surface area contributed by atoms with E-state index in [1.54, 1.807) is 17.0 Å². The van der Waals surface area contributed by atoms with Crippen molar-refractivity contribution in [3.05, 3.63) is 35.6 Å². The second-order valence-corrected chi connectivity index (χ2v) is 6.00. The van der Waals surface area contributed by atoms with Crippen molar-refractivity contribution in [1.29, 1.82) is 0 Å². The molecule has 1 aromatic rings. The van der Waals surface area contributed by atoms with E-state index in [4.69, 9.17) is 4.74 Å². The number of quaternary nitrogens is 1. The largest absolute Gasteiger partial charge is 0.465 e. The molecule has 0 bridgehead atoms. The SMILES string of the molecule is CCOC(=N[C@H](C)CCC[NH+](CC)CC)NC(=O)c1ccccc1F. The van der Waals surface area contributed by atoms with Crippen molar-refractivity contribution in [3.63, 3.8) is 0 Å². The topological polar surface area (TPSA) is 55.1 Å². The Morgan fingerprint density at radius 2 is 1.96 bits per heavy atom. The van der Waals surface area contributed by atoms with Crippen LogP contribution in [-0.4, -0.2) is 44.2 Å². The monoisotopic (exact) mass is 352 g/mol. The average Bonchev–Trinajstić information content (AvgIpc) is 2.59. The summed E-state index contributed by atoms with van der Waals surface area (Å²) in [5.41, 5.74) is -0.0207. The second kappa shape index (κ2) is 11.6. The molecular formula is C19H31FN3O2+. The molecule has 2 N–H and O–H groups in total. The van der Waals surface area contributed by atoms with Crippen molar-refractivity contribution >= 4 is 11.9 Å². The minimum atomic E-state index is -0.564. The van der Waals surface area contributed by atoms with Crippen LogP contribution in [-0.2, 0) is 4.74 Å². The Balaban J connectivity index is 2.63. The summed E-state index contributed by atoms with van der Waals surface area (Å²) in [6, 6.07) is 6.03. The van der Waals surface area contributed by atoms with Gasteiger partial charge in [0, 0.05) is 0 Å². The lowest BCUT2D eigenvalue weighted by molar-refractivity contribution is -0.896. The quantitative estimate of drug-likeness (QED) is 0.528. The van der Waals surface area contributed by atoms with Crippen LogP contribution in [0.2, 0.25) is 0 Å². The van der Waals surface area contributed by atoms with Gasteiger partial charge in [-0.3, -0.25) is 10.1 Å². The average molecular weight is 352 g/mol. The summed E-state index contributed by atoms with van der Waals surface area (Å²) in [6.45, 7) is 11.9. The van der Waals surface area contributed by atoms with Gasteiger partial charge < -0.3 is 9.64 Å². The molecule has 0 spiro atoms. The number of benzene rings is 1. The van der Waals surface area contributed by atoms with Crippen molar-refractivity contribution in [1.82, 2.24) is 5.32 Å². The molecule has 1 aromatic carbocycles. The number of amidine groups is 1. The third-order valence-corrected chi connectivity index (χ3v) is 4.11. The molecule has 0 radical (unpaired) electrons. The van der Waals surface area contributed by atoms with E-state index in [0.717, 1.165) is 32.5 Å². The van der Waals surface area contributed by atoms with Crippen molar-refractivity contribution in [3.8, 4) is 0 Å². The Hall–Kier alpha value is -1.95. The number of nitrogens with zero attached hydrogens (tertiary/aromatic N) is 1. The maximum Gasteiger partial charge on any atom is 0.291 e. The highest BCUT2D eigenvalue weighted by Crippen LogP contribution is 2.06. The van der Waals surface area contributed by atoms with Crippen molar-refractivity contribution in [2.45, 2.75) is 46.6 Å². The number of carbonyl (C=O) groups is 1. The van der Waals surface area contributed by atoms with Gasteiger partial charge in [-0.15, -0.1) is 0 Å². The highest BCUT2D eigenvalue weighted by molar-refractivity contribution is 6.04. The molecule has 0 saturated carbocycles. The van der Waals surface area contributed by atoms with Gasteiger partial charge in [0.25, 0.3) is 11.9 Å². The first kappa shape index (κ1) is 21.1. The fourth-order valence-corrected chi connectivity index (χ4v) is 2.57. The molecule has 5 nitrogen and oxygen atoms in total. The maximum absolute atomic E-state index is 13.7. The van der Waals surface area contributed by atoms with Crippen LogP contribution in [0.15, 0.2) is 29.3 Å². The van der Waals surface area contributed by atoms with Crippen molar-refractivity contribution in [2.24, 2.45) is 4.99 Å². The molecule has 0 heterocycles. The number of ether oxygens (including phenoxy) is 1. The smallest absolute Gasteiger partial charge is 0.291 e. The van der Waals surface area contributed by atoms with Gasteiger partial charge in [0.1, 0.15) is 5.82 Å². The number of nitrogens with one attached hydrogen (secondary N) is 2. The highest BCUT2D eigenvalue weighted by atomic mass is 19.1. The minimum Gasteiger partial charge on any atom is -0.465 e. The van der Waals surface area contributed by atoms with Crippen molar-refractivity contribution < 1.29 is 18.8 Å².